The van der Waals surface area contributed by atoms with Crippen LogP contribution in [0.4, 0.5) is 0 Å². The molecule has 0 spiro atoms. The smallest absolute Gasteiger partial charge is 0.115 e. The van der Waals surface area contributed by atoms with Gasteiger partial charge in [-0.15, -0.1) is 0 Å². The van der Waals surface area contributed by atoms with Gasteiger partial charge in [0, 0.05) is 12.6 Å². The van der Waals surface area contributed by atoms with Gasteiger partial charge in [0.1, 0.15) is 5.75 Å². The molecule has 0 aliphatic heterocycles. The molecule has 84 valence electrons. The molecule has 1 N–H and O–H groups in total. The Balaban J connectivity index is 2.26. The first-order valence-corrected chi connectivity index (χ1v) is 5.45. The maximum Gasteiger partial charge on any atom is 0.115 e. The highest BCUT2D eigenvalue weighted by Gasteiger charge is 2.06. The summed E-state index contributed by atoms with van der Waals surface area (Å²) >= 11 is 0. The van der Waals surface area contributed by atoms with E-state index in [1.807, 2.05) is 48.3 Å². The van der Waals surface area contributed by atoms with Crippen molar-refractivity contribution in [2.45, 2.75) is 0 Å². The van der Waals surface area contributed by atoms with Crippen molar-refractivity contribution in [2.75, 3.05) is 0 Å². The van der Waals surface area contributed by atoms with Crippen molar-refractivity contribution in [1.29, 1.82) is 0 Å². The molecule has 2 aromatic carbocycles. The van der Waals surface area contributed by atoms with Gasteiger partial charge in [-0.25, -0.2) is 4.98 Å². The summed E-state index contributed by atoms with van der Waals surface area (Å²) < 4.78 is 2.00. The van der Waals surface area contributed by atoms with E-state index in [-0.39, 0.29) is 5.75 Å². The molecule has 1 heterocycles. The van der Waals surface area contributed by atoms with Crippen LogP contribution in [-0.4, -0.2) is 14.7 Å². The number of phenolic OH excluding ortho intramolecular Hbond substituents is 1. The van der Waals surface area contributed by atoms with Gasteiger partial charge in [0.15, 0.2) is 0 Å². The van der Waals surface area contributed by atoms with Crippen molar-refractivity contribution in [1.82, 2.24) is 9.55 Å². The molecule has 1 aromatic heterocycles. The molecule has 0 fully saturated rings. The third-order valence-electron chi connectivity index (χ3n) is 2.93. The fourth-order valence-corrected chi connectivity index (χ4v) is 2.03. The lowest BCUT2D eigenvalue weighted by atomic mass is 10.0. The van der Waals surface area contributed by atoms with Gasteiger partial charge < -0.3 is 9.67 Å². The zero-order valence-electron chi connectivity index (χ0n) is 9.46. The highest BCUT2D eigenvalue weighted by Crippen LogP contribution is 2.28. The molecule has 0 saturated heterocycles. The number of aryl methyl sites for hydroxylation is 1. The Bertz CT molecular complexity index is 668. The van der Waals surface area contributed by atoms with E-state index in [0.29, 0.717) is 0 Å². The van der Waals surface area contributed by atoms with E-state index in [2.05, 4.69) is 4.98 Å². The number of aromatic nitrogens is 2. The van der Waals surface area contributed by atoms with Crippen LogP contribution < -0.4 is 0 Å². The van der Waals surface area contributed by atoms with Gasteiger partial charge in [-0.3, -0.25) is 0 Å². The van der Waals surface area contributed by atoms with Crippen LogP contribution in [0.15, 0.2) is 48.8 Å². The van der Waals surface area contributed by atoms with Gasteiger partial charge in [0.2, 0.25) is 0 Å². The minimum Gasteiger partial charge on any atom is -0.508 e. The van der Waals surface area contributed by atoms with E-state index >= 15 is 0 Å². The van der Waals surface area contributed by atoms with E-state index in [0.717, 1.165) is 22.2 Å². The second-order valence-corrected chi connectivity index (χ2v) is 4.08. The van der Waals surface area contributed by atoms with Crippen LogP contribution in [0.1, 0.15) is 0 Å². The number of benzene rings is 2. The Kier molecular flexibility index (Phi) is 2.11. The molecular weight excluding hydrogens is 212 g/mol. The standard InChI is InChI=1S/C14H12N2O/c1-16-9-15-14-12(3-2-4-13(14)16)10-5-7-11(17)8-6-10/h2-9,17H,1H3. The zero-order chi connectivity index (χ0) is 11.8. The van der Waals surface area contributed by atoms with Crippen LogP contribution in [0.3, 0.4) is 0 Å². The molecule has 17 heavy (non-hydrogen) atoms. The second-order valence-electron chi connectivity index (χ2n) is 4.08. The Labute approximate surface area is 99.0 Å². The lowest BCUT2D eigenvalue weighted by Gasteiger charge is -2.03. The summed E-state index contributed by atoms with van der Waals surface area (Å²) in [6.07, 6.45) is 1.81. The third kappa shape index (κ3) is 1.56. The van der Waals surface area contributed by atoms with Crippen LogP contribution in [-0.2, 0) is 7.05 Å². The Morgan fingerprint density at radius 2 is 1.82 bits per heavy atom. The molecule has 3 rings (SSSR count). The summed E-state index contributed by atoms with van der Waals surface area (Å²) in [5.41, 5.74) is 4.24. The van der Waals surface area contributed by atoms with E-state index < -0.39 is 0 Å². The summed E-state index contributed by atoms with van der Waals surface area (Å²) in [7, 11) is 1.98. The highest BCUT2D eigenvalue weighted by atomic mass is 16.3. The van der Waals surface area contributed by atoms with Gasteiger partial charge >= 0.3 is 0 Å². The Hall–Kier alpha value is -2.29. The number of imidazole rings is 1. The first-order valence-electron chi connectivity index (χ1n) is 5.45. The van der Waals surface area contributed by atoms with Crippen LogP contribution in [0.25, 0.3) is 22.2 Å². The number of para-hydroxylation sites is 1. The number of phenols is 1. The molecule has 0 saturated carbocycles. The van der Waals surface area contributed by atoms with Gasteiger partial charge in [-0.2, -0.15) is 0 Å². The predicted molar refractivity (Wildman–Crippen MR) is 67.8 cm³/mol. The average molecular weight is 224 g/mol. The molecule has 0 aliphatic rings. The van der Waals surface area contributed by atoms with E-state index in [9.17, 15) is 5.11 Å². The number of nitrogens with zero attached hydrogens (tertiary/aromatic N) is 2. The molecular formula is C14H12N2O. The predicted octanol–water partition coefficient (Wildman–Crippen LogP) is 2.95. The fraction of sp³-hybridized carbons (Fsp3) is 0.0714. The molecule has 3 heteroatoms. The summed E-state index contributed by atoms with van der Waals surface area (Å²) in [5.74, 6) is 0.280. The molecule has 3 nitrogen and oxygen atoms in total. The van der Waals surface area contributed by atoms with Gasteiger partial charge in [-0.1, -0.05) is 24.3 Å². The zero-order valence-corrected chi connectivity index (χ0v) is 9.46. The van der Waals surface area contributed by atoms with Crippen molar-refractivity contribution in [3.63, 3.8) is 0 Å². The Morgan fingerprint density at radius 1 is 1.06 bits per heavy atom. The number of hydrogen-bond donors (Lipinski definition) is 1. The minimum atomic E-state index is 0.280. The fourth-order valence-electron chi connectivity index (χ4n) is 2.03. The molecule has 0 unspecified atom stereocenters. The first kappa shape index (κ1) is 9.90. The number of hydrogen-bond acceptors (Lipinski definition) is 2. The lowest BCUT2D eigenvalue weighted by Crippen LogP contribution is -1.84. The maximum absolute atomic E-state index is 9.30. The van der Waals surface area contributed by atoms with Crippen molar-refractivity contribution in [3.8, 4) is 16.9 Å². The second kappa shape index (κ2) is 3.63. The maximum atomic E-state index is 9.30. The molecule has 3 aromatic rings. The number of rotatable bonds is 1. The van der Waals surface area contributed by atoms with Gasteiger partial charge in [-0.05, 0) is 23.8 Å². The van der Waals surface area contributed by atoms with E-state index in [1.165, 1.54) is 0 Å². The molecule has 0 radical (unpaired) electrons. The lowest BCUT2D eigenvalue weighted by molar-refractivity contribution is 0.475. The van der Waals surface area contributed by atoms with Crippen molar-refractivity contribution in [2.24, 2.45) is 7.05 Å². The summed E-state index contributed by atoms with van der Waals surface area (Å²) in [5, 5.41) is 9.30. The summed E-state index contributed by atoms with van der Waals surface area (Å²) in [6, 6.07) is 13.3. The first-order chi connectivity index (χ1) is 8.25. The number of fused-ring (bicyclic) bond motifs is 1. The van der Waals surface area contributed by atoms with Gasteiger partial charge in [0.25, 0.3) is 0 Å². The van der Waals surface area contributed by atoms with Crippen molar-refractivity contribution >= 4 is 11.0 Å². The van der Waals surface area contributed by atoms with E-state index in [1.54, 1.807) is 12.1 Å². The molecule has 0 bridgehead atoms. The monoisotopic (exact) mass is 224 g/mol. The Morgan fingerprint density at radius 3 is 2.59 bits per heavy atom. The average Bonchev–Trinajstić information content (AvgIpc) is 2.73. The number of aromatic hydroxyl groups is 1. The molecule has 0 atom stereocenters. The highest BCUT2D eigenvalue weighted by molar-refractivity contribution is 5.92. The quantitative estimate of drug-likeness (QED) is 0.690. The van der Waals surface area contributed by atoms with Crippen molar-refractivity contribution in [3.05, 3.63) is 48.8 Å². The van der Waals surface area contributed by atoms with Gasteiger partial charge in [0.05, 0.1) is 17.4 Å². The summed E-state index contributed by atoms with van der Waals surface area (Å²) in [6.45, 7) is 0. The largest absolute Gasteiger partial charge is 0.508 e. The molecule has 0 amide bonds. The third-order valence-corrected chi connectivity index (χ3v) is 2.93. The van der Waals surface area contributed by atoms with Crippen LogP contribution in [0.5, 0.6) is 5.75 Å². The molecule has 0 aliphatic carbocycles. The summed E-state index contributed by atoms with van der Waals surface area (Å²) in [4.78, 5) is 4.42. The topological polar surface area (TPSA) is 38.0 Å². The van der Waals surface area contributed by atoms with Crippen LogP contribution in [0.2, 0.25) is 0 Å². The van der Waals surface area contributed by atoms with Crippen LogP contribution >= 0.6 is 0 Å². The minimum absolute atomic E-state index is 0.280. The van der Waals surface area contributed by atoms with Crippen molar-refractivity contribution < 1.29 is 5.11 Å². The normalized spacial score (nSPS) is 10.9. The SMILES string of the molecule is Cn1cnc2c(-c3ccc(O)cc3)cccc21. The van der Waals surface area contributed by atoms with Crippen LogP contribution in [0, 0.1) is 0 Å². The van der Waals surface area contributed by atoms with E-state index in [4.69, 9.17) is 0 Å².